The summed E-state index contributed by atoms with van der Waals surface area (Å²) in [6.07, 6.45) is 2.67. The van der Waals surface area contributed by atoms with E-state index in [1.165, 1.54) is 4.90 Å². The van der Waals surface area contributed by atoms with Gasteiger partial charge in [-0.2, -0.15) is 0 Å². The number of aryl methyl sites for hydroxylation is 1. The van der Waals surface area contributed by atoms with Gasteiger partial charge in [0.05, 0.1) is 6.04 Å². The first kappa shape index (κ1) is 20.3. The van der Waals surface area contributed by atoms with Crippen LogP contribution in [-0.2, 0) is 16.6 Å². The molecule has 2 aromatic rings. The van der Waals surface area contributed by atoms with Crippen LogP contribution in [-0.4, -0.2) is 75.3 Å². The van der Waals surface area contributed by atoms with Gasteiger partial charge in [-0.1, -0.05) is 18.2 Å². The minimum absolute atomic E-state index is 0.223. The number of rotatable bonds is 3. The number of nitrogens with one attached hydrogen (secondary N) is 2. The SMILES string of the molecule is Cn1cccc1C(=O)N1CC[C@@H]2NC(=O)[C@H]3C[C@H](NC(=O)c4ccccc4)CN3C(=O)[C@H]21. The van der Waals surface area contributed by atoms with Crippen molar-refractivity contribution >= 4 is 23.6 Å². The van der Waals surface area contributed by atoms with Crippen molar-refractivity contribution in [2.75, 3.05) is 13.1 Å². The van der Waals surface area contributed by atoms with Gasteiger partial charge in [0.15, 0.2) is 0 Å². The normalized spacial score (nSPS) is 26.9. The maximum Gasteiger partial charge on any atom is 0.271 e. The van der Waals surface area contributed by atoms with E-state index in [4.69, 9.17) is 0 Å². The number of benzene rings is 1. The zero-order chi connectivity index (χ0) is 22.4. The van der Waals surface area contributed by atoms with E-state index >= 15 is 0 Å². The van der Waals surface area contributed by atoms with Gasteiger partial charge in [0, 0.05) is 37.9 Å². The van der Waals surface area contributed by atoms with Crippen molar-refractivity contribution in [1.29, 1.82) is 0 Å². The molecule has 0 aliphatic carbocycles. The van der Waals surface area contributed by atoms with Crippen molar-refractivity contribution in [1.82, 2.24) is 25.0 Å². The van der Waals surface area contributed by atoms with Gasteiger partial charge in [-0.3, -0.25) is 19.2 Å². The first-order valence-electron chi connectivity index (χ1n) is 10.8. The number of nitrogens with zero attached hydrogens (tertiary/aromatic N) is 3. The molecule has 0 spiro atoms. The van der Waals surface area contributed by atoms with Crippen LogP contribution in [0.4, 0.5) is 0 Å². The Balaban J connectivity index is 1.35. The summed E-state index contributed by atoms with van der Waals surface area (Å²) in [6, 6.07) is 10.2. The van der Waals surface area contributed by atoms with Crippen LogP contribution in [0.5, 0.6) is 0 Å². The number of likely N-dealkylation sites (tertiary alicyclic amines) is 1. The van der Waals surface area contributed by atoms with E-state index in [1.807, 2.05) is 6.07 Å². The Bertz CT molecular complexity index is 1080. The zero-order valence-corrected chi connectivity index (χ0v) is 17.7. The lowest BCUT2D eigenvalue weighted by Crippen LogP contribution is -2.52. The van der Waals surface area contributed by atoms with Gasteiger partial charge in [0.2, 0.25) is 11.8 Å². The Morgan fingerprint density at radius 1 is 1.09 bits per heavy atom. The van der Waals surface area contributed by atoms with E-state index in [2.05, 4.69) is 10.6 Å². The van der Waals surface area contributed by atoms with Crippen molar-refractivity contribution in [3.8, 4) is 0 Å². The lowest BCUT2D eigenvalue weighted by Gasteiger charge is -2.29. The molecule has 5 rings (SSSR count). The molecule has 3 fully saturated rings. The van der Waals surface area contributed by atoms with E-state index in [0.717, 1.165) is 0 Å². The van der Waals surface area contributed by atoms with E-state index < -0.39 is 18.1 Å². The molecule has 9 nitrogen and oxygen atoms in total. The van der Waals surface area contributed by atoms with Gasteiger partial charge in [-0.15, -0.1) is 0 Å². The zero-order valence-electron chi connectivity index (χ0n) is 17.7. The van der Waals surface area contributed by atoms with E-state index in [0.29, 0.717) is 30.6 Å². The van der Waals surface area contributed by atoms with Crippen molar-refractivity contribution in [2.45, 2.75) is 37.0 Å². The summed E-state index contributed by atoms with van der Waals surface area (Å²) >= 11 is 0. The Hall–Kier alpha value is -3.62. The highest BCUT2D eigenvalue weighted by atomic mass is 16.2. The van der Waals surface area contributed by atoms with E-state index in [9.17, 15) is 19.2 Å². The molecular weight excluding hydrogens is 410 g/mol. The minimum Gasteiger partial charge on any atom is -0.349 e. The fourth-order valence-corrected chi connectivity index (χ4v) is 5.05. The first-order chi connectivity index (χ1) is 15.4. The molecule has 1 aromatic carbocycles. The third-order valence-corrected chi connectivity index (χ3v) is 6.66. The molecule has 3 aliphatic rings. The monoisotopic (exact) mass is 435 g/mol. The van der Waals surface area contributed by atoms with Gasteiger partial charge < -0.3 is 25.0 Å². The van der Waals surface area contributed by atoms with Gasteiger partial charge in [0.1, 0.15) is 17.8 Å². The van der Waals surface area contributed by atoms with Crippen LogP contribution in [0.3, 0.4) is 0 Å². The van der Waals surface area contributed by atoms with E-state index in [1.54, 1.807) is 59.1 Å². The Morgan fingerprint density at radius 3 is 2.59 bits per heavy atom. The number of fused-ring (bicyclic) bond motifs is 2. The van der Waals surface area contributed by atoms with Crippen molar-refractivity contribution in [3.05, 3.63) is 59.9 Å². The largest absolute Gasteiger partial charge is 0.349 e. The van der Waals surface area contributed by atoms with Gasteiger partial charge in [-0.05, 0) is 37.1 Å². The highest BCUT2D eigenvalue weighted by Crippen LogP contribution is 2.30. The number of hydrogen-bond donors (Lipinski definition) is 2. The third-order valence-electron chi connectivity index (χ3n) is 6.66. The minimum atomic E-state index is -0.741. The van der Waals surface area contributed by atoms with Crippen LogP contribution in [0.1, 0.15) is 33.7 Å². The highest BCUT2D eigenvalue weighted by molar-refractivity contribution is 6.00. The average Bonchev–Trinajstić information content (AvgIpc) is 3.50. The van der Waals surface area contributed by atoms with Crippen LogP contribution in [0.2, 0.25) is 0 Å². The molecule has 3 saturated heterocycles. The molecule has 0 bridgehead atoms. The average molecular weight is 435 g/mol. The van der Waals surface area contributed by atoms with Crippen molar-refractivity contribution in [2.24, 2.45) is 7.05 Å². The lowest BCUT2D eigenvalue weighted by molar-refractivity contribution is -0.138. The topological polar surface area (TPSA) is 104 Å². The van der Waals surface area contributed by atoms with Crippen LogP contribution in [0.15, 0.2) is 48.7 Å². The van der Waals surface area contributed by atoms with Gasteiger partial charge >= 0.3 is 0 Å². The molecule has 32 heavy (non-hydrogen) atoms. The van der Waals surface area contributed by atoms with Crippen LogP contribution < -0.4 is 10.6 Å². The summed E-state index contributed by atoms with van der Waals surface area (Å²) in [5.41, 5.74) is 1.03. The van der Waals surface area contributed by atoms with Crippen molar-refractivity contribution in [3.63, 3.8) is 0 Å². The molecule has 3 aliphatic heterocycles. The first-order valence-corrected chi connectivity index (χ1v) is 10.8. The molecule has 1 aromatic heterocycles. The smallest absolute Gasteiger partial charge is 0.271 e. The summed E-state index contributed by atoms with van der Waals surface area (Å²) in [5, 5.41) is 5.92. The highest BCUT2D eigenvalue weighted by Gasteiger charge is 2.52. The Labute approximate surface area is 185 Å². The number of carbonyl (C=O) groups excluding carboxylic acids is 4. The summed E-state index contributed by atoms with van der Waals surface area (Å²) in [4.78, 5) is 55.3. The molecule has 166 valence electrons. The molecule has 4 atom stereocenters. The van der Waals surface area contributed by atoms with E-state index in [-0.39, 0.29) is 36.2 Å². The van der Waals surface area contributed by atoms with Crippen LogP contribution in [0, 0.1) is 0 Å². The van der Waals surface area contributed by atoms with Crippen molar-refractivity contribution < 1.29 is 19.2 Å². The molecular formula is C23H25N5O4. The Morgan fingerprint density at radius 2 is 1.88 bits per heavy atom. The number of hydrogen-bond acceptors (Lipinski definition) is 4. The predicted molar refractivity (Wildman–Crippen MR) is 115 cm³/mol. The molecule has 0 saturated carbocycles. The fourth-order valence-electron chi connectivity index (χ4n) is 5.05. The summed E-state index contributed by atoms with van der Waals surface area (Å²) < 4.78 is 1.73. The summed E-state index contributed by atoms with van der Waals surface area (Å²) in [5.74, 6) is -0.926. The molecule has 4 heterocycles. The molecule has 4 amide bonds. The number of amides is 4. The molecule has 2 N–H and O–H groups in total. The predicted octanol–water partition coefficient (Wildman–Crippen LogP) is 0.138. The molecule has 0 unspecified atom stereocenters. The second-order valence-electron chi connectivity index (χ2n) is 8.63. The number of carbonyl (C=O) groups is 4. The third kappa shape index (κ3) is 3.34. The van der Waals surface area contributed by atoms with Crippen LogP contribution >= 0.6 is 0 Å². The number of aromatic nitrogens is 1. The molecule has 9 heteroatoms. The van der Waals surface area contributed by atoms with Gasteiger partial charge in [-0.25, -0.2) is 0 Å². The van der Waals surface area contributed by atoms with Gasteiger partial charge in [0.25, 0.3) is 11.8 Å². The van der Waals surface area contributed by atoms with Crippen LogP contribution in [0.25, 0.3) is 0 Å². The summed E-state index contributed by atoms with van der Waals surface area (Å²) in [6.45, 7) is 0.642. The Kier molecular flexibility index (Phi) is 4.96. The standard InChI is InChI=1S/C23H25N5O4/c1-26-10-5-8-17(26)22(31)27-11-9-16-19(27)23(32)28-13-15(12-18(28)21(30)25-16)24-20(29)14-6-3-2-4-7-14/h2-8,10,15-16,18-19H,9,11-13H2,1H3,(H,24,29)(H,25,30)/t15-,16-,18+,19-/m0/s1. The second-order valence-corrected chi connectivity index (χ2v) is 8.63. The molecule has 0 radical (unpaired) electrons. The second kappa shape index (κ2) is 7.81. The summed E-state index contributed by atoms with van der Waals surface area (Å²) in [7, 11) is 1.79. The maximum absolute atomic E-state index is 13.5. The lowest BCUT2D eigenvalue weighted by atomic mass is 10.1. The maximum atomic E-state index is 13.5. The quantitative estimate of drug-likeness (QED) is 0.716. The fraction of sp³-hybridized carbons (Fsp3) is 0.391.